The lowest BCUT2D eigenvalue weighted by molar-refractivity contribution is 0.214. The Balaban J connectivity index is 1.52. The van der Waals surface area contributed by atoms with Gasteiger partial charge in [0.2, 0.25) is 0 Å². The van der Waals surface area contributed by atoms with Gasteiger partial charge in [0, 0.05) is 43.4 Å². The van der Waals surface area contributed by atoms with Crippen molar-refractivity contribution in [3.63, 3.8) is 0 Å². The smallest absolute Gasteiger partial charge is 0.266 e. The molecule has 1 aliphatic rings. The normalized spacial score (nSPS) is 17.7. The van der Waals surface area contributed by atoms with Crippen LogP contribution >= 0.6 is 0 Å². The Labute approximate surface area is 151 Å². The molecule has 0 aromatic carbocycles. The summed E-state index contributed by atoms with van der Waals surface area (Å²) < 4.78 is 3.35. The van der Waals surface area contributed by atoms with E-state index in [1.165, 1.54) is 0 Å². The quantitative estimate of drug-likeness (QED) is 0.687. The SMILES string of the molecule is Cc1cncc(CN2CCCC2Cn2nc(-n3ccnc3)ccc2=O)n1. The van der Waals surface area contributed by atoms with Gasteiger partial charge in [0.1, 0.15) is 6.33 Å². The van der Waals surface area contributed by atoms with Gasteiger partial charge in [0.15, 0.2) is 5.82 Å². The highest BCUT2D eigenvalue weighted by molar-refractivity contribution is 5.19. The van der Waals surface area contributed by atoms with Crippen LogP contribution in [0.25, 0.3) is 5.82 Å². The fourth-order valence-electron chi connectivity index (χ4n) is 3.41. The molecule has 1 atom stereocenters. The van der Waals surface area contributed by atoms with Crippen molar-refractivity contribution >= 4 is 0 Å². The third-order valence-electron chi connectivity index (χ3n) is 4.67. The van der Waals surface area contributed by atoms with E-state index in [2.05, 4.69) is 25.0 Å². The molecule has 1 aliphatic heterocycles. The van der Waals surface area contributed by atoms with Crippen LogP contribution in [0.4, 0.5) is 0 Å². The van der Waals surface area contributed by atoms with E-state index in [9.17, 15) is 4.79 Å². The van der Waals surface area contributed by atoms with Gasteiger partial charge in [-0.3, -0.25) is 24.2 Å². The van der Waals surface area contributed by atoms with Gasteiger partial charge in [-0.2, -0.15) is 5.10 Å². The maximum atomic E-state index is 12.3. The van der Waals surface area contributed by atoms with Crippen LogP contribution < -0.4 is 5.56 Å². The molecule has 4 rings (SSSR count). The van der Waals surface area contributed by atoms with Gasteiger partial charge >= 0.3 is 0 Å². The predicted molar refractivity (Wildman–Crippen MR) is 95.8 cm³/mol. The zero-order chi connectivity index (χ0) is 17.9. The minimum absolute atomic E-state index is 0.0870. The summed E-state index contributed by atoms with van der Waals surface area (Å²) in [5.74, 6) is 0.691. The number of imidazole rings is 1. The Kier molecular flexibility index (Phi) is 4.57. The molecule has 0 bridgehead atoms. The molecule has 0 spiro atoms. The molecular formula is C18H21N7O. The largest absolute Gasteiger partial charge is 0.293 e. The minimum Gasteiger partial charge on any atom is -0.293 e. The average Bonchev–Trinajstić information content (AvgIpc) is 3.30. The van der Waals surface area contributed by atoms with Gasteiger partial charge in [0.05, 0.1) is 17.9 Å². The van der Waals surface area contributed by atoms with E-state index in [4.69, 9.17) is 0 Å². The summed E-state index contributed by atoms with van der Waals surface area (Å²) in [6.07, 6.45) is 10.9. The van der Waals surface area contributed by atoms with Crippen LogP contribution in [-0.2, 0) is 13.1 Å². The molecule has 134 valence electrons. The number of aromatic nitrogens is 6. The molecule has 1 fully saturated rings. The Bertz CT molecular complexity index is 935. The second kappa shape index (κ2) is 7.17. The zero-order valence-corrected chi connectivity index (χ0v) is 14.7. The third-order valence-corrected chi connectivity index (χ3v) is 4.67. The Morgan fingerprint density at radius 1 is 1.23 bits per heavy atom. The lowest BCUT2D eigenvalue weighted by Crippen LogP contribution is -2.37. The third kappa shape index (κ3) is 3.55. The van der Waals surface area contributed by atoms with E-state index in [0.29, 0.717) is 12.4 Å². The number of hydrogen-bond acceptors (Lipinski definition) is 6. The van der Waals surface area contributed by atoms with Crippen LogP contribution in [0.2, 0.25) is 0 Å². The van der Waals surface area contributed by atoms with Crippen molar-refractivity contribution in [1.29, 1.82) is 0 Å². The van der Waals surface area contributed by atoms with Gasteiger partial charge in [0.25, 0.3) is 5.56 Å². The van der Waals surface area contributed by atoms with Crippen LogP contribution in [0.3, 0.4) is 0 Å². The highest BCUT2D eigenvalue weighted by Crippen LogP contribution is 2.20. The Morgan fingerprint density at radius 2 is 2.15 bits per heavy atom. The number of hydrogen-bond donors (Lipinski definition) is 0. The molecule has 0 radical (unpaired) electrons. The zero-order valence-electron chi connectivity index (χ0n) is 14.7. The van der Waals surface area contributed by atoms with E-state index >= 15 is 0 Å². The summed E-state index contributed by atoms with van der Waals surface area (Å²) in [6, 6.07) is 3.55. The van der Waals surface area contributed by atoms with Crippen molar-refractivity contribution in [3.05, 3.63) is 65.0 Å². The van der Waals surface area contributed by atoms with E-state index in [-0.39, 0.29) is 11.6 Å². The summed E-state index contributed by atoms with van der Waals surface area (Å²) in [4.78, 5) is 27.4. The van der Waals surface area contributed by atoms with E-state index < -0.39 is 0 Å². The van der Waals surface area contributed by atoms with Crippen molar-refractivity contribution in [1.82, 2.24) is 34.2 Å². The van der Waals surface area contributed by atoms with E-state index in [1.54, 1.807) is 40.1 Å². The first kappa shape index (κ1) is 16.6. The lowest BCUT2D eigenvalue weighted by atomic mass is 10.2. The van der Waals surface area contributed by atoms with Crippen molar-refractivity contribution in [2.75, 3.05) is 6.54 Å². The molecule has 0 saturated carbocycles. The van der Waals surface area contributed by atoms with Gasteiger partial charge < -0.3 is 0 Å². The van der Waals surface area contributed by atoms with Crippen molar-refractivity contribution < 1.29 is 0 Å². The maximum Gasteiger partial charge on any atom is 0.266 e. The Hall–Kier alpha value is -2.87. The molecule has 3 aromatic heterocycles. The van der Waals surface area contributed by atoms with Crippen molar-refractivity contribution in [3.8, 4) is 5.82 Å². The van der Waals surface area contributed by atoms with Gasteiger partial charge in [-0.1, -0.05) is 0 Å². The van der Waals surface area contributed by atoms with Crippen LogP contribution in [0.5, 0.6) is 0 Å². The number of aryl methyl sites for hydroxylation is 1. The molecule has 0 amide bonds. The van der Waals surface area contributed by atoms with Gasteiger partial charge in [-0.15, -0.1) is 0 Å². The fraction of sp³-hybridized carbons (Fsp3) is 0.389. The van der Waals surface area contributed by atoms with Crippen LogP contribution in [0.1, 0.15) is 24.2 Å². The van der Waals surface area contributed by atoms with Gasteiger partial charge in [-0.25, -0.2) is 9.67 Å². The molecule has 3 aromatic rings. The molecule has 26 heavy (non-hydrogen) atoms. The van der Waals surface area contributed by atoms with E-state index in [1.807, 2.05) is 19.3 Å². The lowest BCUT2D eigenvalue weighted by Gasteiger charge is -2.24. The molecule has 8 nitrogen and oxygen atoms in total. The second-order valence-corrected chi connectivity index (χ2v) is 6.60. The highest BCUT2D eigenvalue weighted by Gasteiger charge is 2.26. The average molecular weight is 351 g/mol. The number of rotatable bonds is 5. The molecule has 4 heterocycles. The molecule has 1 saturated heterocycles. The van der Waals surface area contributed by atoms with Crippen LogP contribution in [0, 0.1) is 6.92 Å². The second-order valence-electron chi connectivity index (χ2n) is 6.60. The standard InChI is InChI=1S/C18H21N7O/c1-14-9-20-10-15(21-14)11-23-7-2-3-16(23)12-25-18(26)5-4-17(22-25)24-8-6-19-13-24/h4-6,8-10,13,16H,2-3,7,11-12H2,1H3. The molecule has 8 heteroatoms. The molecule has 0 aliphatic carbocycles. The van der Waals surface area contributed by atoms with Crippen molar-refractivity contribution in [2.45, 2.75) is 38.9 Å². The summed E-state index contributed by atoms with van der Waals surface area (Å²) in [6.45, 7) is 4.26. The van der Waals surface area contributed by atoms with Gasteiger partial charge in [-0.05, 0) is 32.4 Å². The highest BCUT2D eigenvalue weighted by atomic mass is 16.1. The monoisotopic (exact) mass is 351 g/mol. The van der Waals surface area contributed by atoms with Crippen molar-refractivity contribution in [2.24, 2.45) is 0 Å². The first-order chi connectivity index (χ1) is 12.7. The molecule has 0 N–H and O–H groups in total. The maximum absolute atomic E-state index is 12.3. The van der Waals surface area contributed by atoms with Crippen LogP contribution in [-0.4, -0.2) is 46.8 Å². The molecule has 1 unspecified atom stereocenters. The van der Waals surface area contributed by atoms with E-state index in [0.717, 1.165) is 37.3 Å². The fourth-order valence-corrected chi connectivity index (χ4v) is 3.41. The number of nitrogens with zero attached hydrogens (tertiary/aromatic N) is 7. The first-order valence-corrected chi connectivity index (χ1v) is 8.77. The van der Waals surface area contributed by atoms with Crippen LogP contribution in [0.15, 0.2) is 48.0 Å². The minimum atomic E-state index is -0.0870. The molecular weight excluding hydrogens is 330 g/mol. The summed E-state index contributed by atoms with van der Waals surface area (Å²) in [5, 5.41) is 4.51. The number of likely N-dealkylation sites (tertiary alicyclic amines) is 1. The topological polar surface area (TPSA) is 81.7 Å². The predicted octanol–water partition coefficient (Wildman–Crippen LogP) is 1.19. The summed E-state index contributed by atoms with van der Waals surface area (Å²) in [5.41, 5.74) is 1.80. The Morgan fingerprint density at radius 3 is 2.96 bits per heavy atom. The summed E-state index contributed by atoms with van der Waals surface area (Å²) >= 11 is 0. The summed E-state index contributed by atoms with van der Waals surface area (Å²) in [7, 11) is 0. The first-order valence-electron chi connectivity index (χ1n) is 8.77.